The van der Waals surface area contributed by atoms with Crippen molar-refractivity contribution < 1.29 is 65.9 Å². The molecule has 0 spiro atoms. The van der Waals surface area contributed by atoms with E-state index in [-0.39, 0.29) is 6.21 Å². The van der Waals surface area contributed by atoms with E-state index in [1.54, 1.807) is 0 Å². The summed E-state index contributed by atoms with van der Waals surface area (Å²) < 4.78 is 214. The van der Waals surface area contributed by atoms with Gasteiger partial charge in [0.25, 0.3) is 0 Å². The zero-order valence-corrected chi connectivity index (χ0v) is 21.6. The van der Waals surface area contributed by atoms with Crippen molar-refractivity contribution in [2.75, 3.05) is 0 Å². The second-order valence-electron chi connectivity index (χ2n) is 8.86. The quantitative estimate of drug-likeness (QED) is 0.0684. The van der Waals surface area contributed by atoms with E-state index in [1.165, 1.54) is 0 Å². The Morgan fingerprint density at radius 1 is 0.565 bits per heavy atom. The molecule has 0 N–H and O–H groups in total. The highest BCUT2D eigenvalue weighted by molar-refractivity contribution is 6.21. The smallest absolute Gasteiger partial charge is 0.208 e. The Hall–Kier alpha value is -5.52. The molecular weight excluding hydrogens is 663 g/mol. The molecule has 18 heteroatoms. The summed E-state index contributed by atoms with van der Waals surface area (Å²) in [4.78, 5) is 2.57. The van der Waals surface area contributed by atoms with Gasteiger partial charge in [-0.3, -0.25) is 0 Å². The summed E-state index contributed by atoms with van der Waals surface area (Å²) in [6.07, 6.45) is -0.356. The van der Waals surface area contributed by atoms with E-state index in [9.17, 15) is 71.2 Å². The van der Waals surface area contributed by atoms with Gasteiger partial charge in [-0.25, -0.2) is 66.3 Å². The average molecular weight is 667 g/mol. The summed E-state index contributed by atoms with van der Waals surface area (Å²) in [6.45, 7) is 7.87. The van der Waals surface area contributed by atoms with Crippen molar-refractivity contribution in [2.24, 2.45) is 5.21 Å². The Bertz CT molecular complexity index is 1940. The molecule has 46 heavy (non-hydrogen) atoms. The second kappa shape index (κ2) is 11.8. The van der Waals surface area contributed by atoms with Crippen molar-refractivity contribution >= 4 is 23.1 Å². The lowest BCUT2D eigenvalue weighted by atomic mass is 9.97. The minimum absolute atomic E-state index is 0.356. The third-order valence-corrected chi connectivity index (χ3v) is 6.52. The highest BCUT2D eigenvalue weighted by Gasteiger charge is 2.45. The summed E-state index contributed by atoms with van der Waals surface area (Å²) in [5, 5.41) is 11.7. The highest BCUT2D eigenvalue weighted by Crippen LogP contribution is 2.57. The van der Waals surface area contributed by atoms with E-state index in [0.29, 0.717) is 6.92 Å². The van der Waals surface area contributed by atoms with Crippen molar-refractivity contribution in [3.8, 4) is 6.07 Å². The van der Waals surface area contributed by atoms with Gasteiger partial charge in [0.2, 0.25) is 11.5 Å². The van der Waals surface area contributed by atoms with E-state index < -0.39 is 137 Å². The molecule has 0 heterocycles. The lowest BCUT2D eigenvalue weighted by molar-refractivity contribution is 0.376. The lowest BCUT2D eigenvalue weighted by Gasteiger charge is -2.10. The summed E-state index contributed by atoms with van der Waals surface area (Å²) in [5.74, 6) is -36.8. The molecule has 1 aliphatic rings. The molecule has 3 nitrogen and oxygen atoms in total. The lowest BCUT2D eigenvalue weighted by Crippen LogP contribution is -2.07. The van der Waals surface area contributed by atoms with Crippen LogP contribution in [0.15, 0.2) is 21.9 Å². The third-order valence-electron chi connectivity index (χ3n) is 6.52. The van der Waals surface area contributed by atoms with Crippen molar-refractivity contribution in [2.45, 2.75) is 6.92 Å². The number of allylic oxidation sites excluding steroid dienone is 5. The minimum atomic E-state index is -2.77. The highest BCUT2D eigenvalue weighted by atomic mass is 19.2. The first-order valence-corrected chi connectivity index (χ1v) is 11.5. The monoisotopic (exact) mass is 667 g/mol. The number of hydrogen-bond acceptors (Lipinski definition) is 2. The van der Waals surface area contributed by atoms with Crippen molar-refractivity contribution in [1.29, 1.82) is 5.26 Å². The van der Waals surface area contributed by atoms with Crippen molar-refractivity contribution in [3.05, 3.63) is 132 Å². The Morgan fingerprint density at radius 3 is 1.33 bits per heavy atom. The average Bonchev–Trinajstić information content (AvgIpc) is 3.76. The second-order valence-corrected chi connectivity index (χ2v) is 8.86. The van der Waals surface area contributed by atoms with Crippen LogP contribution in [-0.2, 0) is 0 Å². The first-order chi connectivity index (χ1) is 21.5. The van der Waals surface area contributed by atoms with E-state index in [0.717, 1.165) is 6.07 Å². The topological polar surface area (TPSA) is 40.5 Å². The maximum absolute atomic E-state index is 15.0. The number of rotatable bonds is 4. The van der Waals surface area contributed by atoms with Gasteiger partial charge in [-0.2, -0.15) is 5.26 Å². The SMILES string of the molecule is [C-]#[N+]/C(=C1/C(=C(\C#N)c2c(C)c(F)c(F)c(F)c2F)/C1=C(\C=N\F)c1c(F)c(F)c(F)c(F)c1F)c1c(F)c(F)c(F)c(F)c1F. The van der Waals surface area contributed by atoms with Crippen LogP contribution in [0.5, 0.6) is 0 Å². The summed E-state index contributed by atoms with van der Waals surface area (Å²) in [5.41, 5.74) is -16.2. The Kier molecular flexibility index (Phi) is 8.54. The van der Waals surface area contributed by atoms with Gasteiger partial charge in [0, 0.05) is 11.1 Å². The summed E-state index contributed by atoms with van der Waals surface area (Å²) in [7, 11) is 0. The number of halogens is 15. The molecule has 0 atom stereocenters. The molecule has 1 saturated carbocycles. The number of benzene rings is 3. The predicted molar refractivity (Wildman–Crippen MR) is 126 cm³/mol. The van der Waals surface area contributed by atoms with Gasteiger partial charge in [-0.15, -0.1) is 0 Å². The van der Waals surface area contributed by atoms with E-state index >= 15 is 0 Å². The van der Waals surface area contributed by atoms with E-state index in [1.807, 2.05) is 5.21 Å². The normalized spacial score (nSPS) is 16.0. The third kappa shape index (κ3) is 4.68. The molecule has 3 aromatic rings. The molecular formula is C28H4F15N3. The molecule has 1 fully saturated rings. The van der Waals surface area contributed by atoms with Crippen LogP contribution in [0.4, 0.5) is 65.9 Å². The Balaban J connectivity index is 2.38. The Morgan fingerprint density at radius 2 is 0.935 bits per heavy atom. The van der Waals surface area contributed by atoms with Crippen LogP contribution < -0.4 is 0 Å². The van der Waals surface area contributed by atoms with E-state index in [4.69, 9.17) is 6.57 Å². The molecule has 0 aliphatic heterocycles. The molecule has 3 aromatic carbocycles. The van der Waals surface area contributed by atoms with Crippen LogP contribution in [0.25, 0.3) is 21.7 Å². The van der Waals surface area contributed by atoms with E-state index in [2.05, 4.69) is 4.85 Å². The number of nitriles is 1. The number of nitrogens with zero attached hydrogens (tertiary/aromatic N) is 3. The van der Waals surface area contributed by atoms with Gasteiger partial charge >= 0.3 is 0 Å². The molecule has 0 unspecified atom stereocenters. The zero-order valence-electron chi connectivity index (χ0n) is 21.6. The summed E-state index contributed by atoms with van der Waals surface area (Å²) in [6, 6.07) is 1.08. The Labute approximate surface area is 244 Å². The first kappa shape index (κ1) is 33.4. The zero-order chi connectivity index (χ0) is 34.7. The minimum Gasteiger partial charge on any atom is -0.237 e. The predicted octanol–water partition coefficient (Wildman–Crippen LogP) is 8.97. The van der Waals surface area contributed by atoms with Crippen LogP contribution in [0, 0.1) is 106 Å². The largest absolute Gasteiger partial charge is 0.237 e. The fourth-order valence-electron chi connectivity index (χ4n) is 4.41. The molecule has 1 aliphatic carbocycles. The maximum atomic E-state index is 15.0. The van der Waals surface area contributed by atoms with Crippen LogP contribution >= 0.6 is 0 Å². The van der Waals surface area contributed by atoms with Crippen LogP contribution in [-0.4, -0.2) is 6.21 Å². The van der Waals surface area contributed by atoms with Crippen LogP contribution in [0.1, 0.15) is 22.3 Å². The van der Waals surface area contributed by atoms with Gasteiger partial charge in [-0.1, -0.05) is 9.70 Å². The molecule has 0 amide bonds. The first-order valence-electron chi connectivity index (χ1n) is 11.5. The standard InChI is InChI=1S/C28H4F15N3/c1-5-8(15(30)21(36)20(35)14(5)29)6(3-44)9-10(7(4-46-43)11-16(31)22(37)26(41)23(38)17(11)32)12(9)28(45-2)13-18(33)24(39)27(42)25(40)19(13)34/h4H,1H3/b9-6+,10-7-,28-12-,46-4+. The fourth-order valence-corrected chi connectivity index (χ4v) is 4.41. The number of hydrogen-bond donors (Lipinski definition) is 0. The van der Waals surface area contributed by atoms with Gasteiger partial charge in [0.05, 0.1) is 29.5 Å². The van der Waals surface area contributed by atoms with Gasteiger partial charge < -0.3 is 0 Å². The molecule has 0 aromatic heterocycles. The van der Waals surface area contributed by atoms with Crippen LogP contribution in [0.2, 0.25) is 0 Å². The molecule has 0 radical (unpaired) electrons. The molecule has 0 bridgehead atoms. The molecule has 0 saturated heterocycles. The molecule has 236 valence electrons. The fraction of sp³-hybridized carbons (Fsp3) is 0.0357. The maximum Gasteiger partial charge on any atom is 0.208 e. The van der Waals surface area contributed by atoms with Gasteiger partial charge in [-0.05, 0) is 29.2 Å². The summed E-state index contributed by atoms with van der Waals surface area (Å²) >= 11 is 0. The van der Waals surface area contributed by atoms with Crippen molar-refractivity contribution in [1.82, 2.24) is 0 Å². The van der Waals surface area contributed by atoms with Gasteiger partial charge in [0.1, 0.15) is 6.07 Å². The molecule has 4 rings (SSSR count). The van der Waals surface area contributed by atoms with Crippen LogP contribution in [0.3, 0.4) is 0 Å². The van der Waals surface area contributed by atoms with Crippen molar-refractivity contribution in [3.63, 3.8) is 0 Å². The van der Waals surface area contributed by atoms with Gasteiger partial charge in [0.15, 0.2) is 75.6 Å².